The van der Waals surface area contributed by atoms with Crippen molar-refractivity contribution in [2.24, 2.45) is 0 Å². The molecule has 0 bridgehead atoms. The first-order chi connectivity index (χ1) is 17.1. The monoisotopic (exact) mass is 485 g/mol. The molecule has 2 N–H and O–H groups in total. The zero-order chi connectivity index (χ0) is 24.2. The Labute approximate surface area is 205 Å². The van der Waals surface area contributed by atoms with Gasteiger partial charge in [0.1, 0.15) is 22.7 Å². The van der Waals surface area contributed by atoms with Gasteiger partial charge in [-0.05, 0) is 48.5 Å². The number of para-hydroxylation sites is 2. The number of anilines is 1. The largest absolute Gasteiger partial charge is 0.456 e. The van der Waals surface area contributed by atoms with Crippen LogP contribution in [0, 0.1) is 0 Å². The molecule has 0 aliphatic carbocycles. The second-order valence-electron chi connectivity index (χ2n) is 7.75. The molecule has 0 fully saturated rings. The predicted octanol–water partition coefficient (Wildman–Crippen LogP) is 5.13. The number of nitrogens with one attached hydrogen (secondary N) is 2. The summed E-state index contributed by atoms with van der Waals surface area (Å²) in [6.07, 6.45) is 1.90. The van der Waals surface area contributed by atoms with Gasteiger partial charge in [-0.25, -0.2) is 9.67 Å². The molecule has 5 aromatic rings. The van der Waals surface area contributed by atoms with Crippen LogP contribution in [-0.4, -0.2) is 25.7 Å². The van der Waals surface area contributed by atoms with Crippen LogP contribution in [0.4, 0.5) is 5.69 Å². The van der Waals surface area contributed by atoms with E-state index in [9.17, 15) is 9.59 Å². The fourth-order valence-corrected chi connectivity index (χ4v) is 3.73. The number of carbonyl (C=O) groups is 1. The van der Waals surface area contributed by atoms with E-state index in [0.29, 0.717) is 39.1 Å². The number of aromatic amines is 1. The van der Waals surface area contributed by atoms with E-state index in [0.717, 1.165) is 5.69 Å². The van der Waals surface area contributed by atoms with Crippen LogP contribution in [0.1, 0.15) is 12.2 Å². The number of hydrogen-bond donors (Lipinski definition) is 2. The first-order valence-electron chi connectivity index (χ1n) is 10.9. The molecule has 9 heteroatoms. The zero-order valence-electron chi connectivity index (χ0n) is 18.4. The van der Waals surface area contributed by atoms with Crippen molar-refractivity contribution < 1.29 is 9.53 Å². The number of nitrogens with zero attached hydrogens (tertiary/aromatic N) is 3. The number of ether oxygens (including phenoxy) is 1. The second kappa shape index (κ2) is 9.82. The Morgan fingerprint density at radius 1 is 1.00 bits per heavy atom. The standard InChI is InChI=1S/C26H20ClN5O3/c27-21-8-4-5-9-22(21)35-19-12-10-17(11-13-19)29-24(33)15-14-23-30-25-20(26(34)31-23)16-28-32(25)18-6-2-1-3-7-18/h1-13,16H,14-15H2,(H,29,33)(H,30,31,34). The van der Waals surface area contributed by atoms with Crippen molar-refractivity contribution in [3.63, 3.8) is 0 Å². The molecule has 2 heterocycles. The van der Waals surface area contributed by atoms with Gasteiger partial charge in [0.25, 0.3) is 5.56 Å². The average molecular weight is 486 g/mol. The van der Waals surface area contributed by atoms with Gasteiger partial charge >= 0.3 is 0 Å². The van der Waals surface area contributed by atoms with Crippen molar-refractivity contribution in [3.8, 4) is 17.2 Å². The minimum absolute atomic E-state index is 0.145. The number of aromatic nitrogens is 4. The van der Waals surface area contributed by atoms with Gasteiger partial charge in [-0.3, -0.25) is 9.59 Å². The van der Waals surface area contributed by atoms with E-state index in [1.165, 1.54) is 6.20 Å². The van der Waals surface area contributed by atoms with Crippen LogP contribution in [0.2, 0.25) is 5.02 Å². The molecule has 174 valence electrons. The molecule has 35 heavy (non-hydrogen) atoms. The maximum atomic E-state index is 12.5. The van der Waals surface area contributed by atoms with Crippen molar-refractivity contribution in [3.05, 3.63) is 106 Å². The number of aryl methyl sites for hydroxylation is 1. The summed E-state index contributed by atoms with van der Waals surface area (Å²) in [6, 6.07) is 23.6. The van der Waals surface area contributed by atoms with Gasteiger partial charge in [-0.2, -0.15) is 5.10 Å². The lowest BCUT2D eigenvalue weighted by atomic mass is 10.2. The van der Waals surface area contributed by atoms with E-state index in [2.05, 4.69) is 20.4 Å². The molecular formula is C26H20ClN5O3. The highest BCUT2D eigenvalue weighted by Crippen LogP contribution is 2.29. The highest BCUT2D eigenvalue weighted by molar-refractivity contribution is 6.32. The summed E-state index contributed by atoms with van der Waals surface area (Å²) in [5, 5.41) is 8.04. The third kappa shape index (κ3) is 5.07. The van der Waals surface area contributed by atoms with Crippen molar-refractivity contribution in [1.29, 1.82) is 0 Å². The van der Waals surface area contributed by atoms with E-state index in [-0.39, 0.29) is 24.3 Å². The van der Waals surface area contributed by atoms with Crippen LogP contribution in [-0.2, 0) is 11.2 Å². The molecule has 2 aromatic heterocycles. The molecule has 1 amide bonds. The van der Waals surface area contributed by atoms with Gasteiger partial charge in [0.2, 0.25) is 5.91 Å². The number of benzene rings is 3. The van der Waals surface area contributed by atoms with Crippen LogP contribution in [0.3, 0.4) is 0 Å². The van der Waals surface area contributed by atoms with Crippen molar-refractivity contribution in [1.82, 2.24) is 19.7 Å². The smallest absolute Gasteiger partial charge is 0.262 e. The van der Waals surface area contributed by atoms with Gasteiger partial charge in [-0.15, -0.1) is 0 Å². The Balaban J connectivity index is 1.24. The summed E-state index contributed by atoms with van der Waals surface area (Å²) in [4.78, 5) is 32.3. The van der Waals surface area contributed by atoms with Gasteiger partial charge in [0.05, 0.1) is 16.9 Å². The van der Waals surface area contributed by atoms with E-state index >= 15 is 0 Å². The number of hydrogen-bond acceptors (Lipinski definition) is 5. The molecule has 0 saturated heterocycles. The zero-order valence-corrected chi connectivity index (χ0v) is 19.2. The van der Waals surface area contributed by atoms with E-state index in [1.807, 2.05) is 42.5 Å². The number of amides is 1. The summed E-state index contributed by atoms with van der Waals surface area (Å²) < 4.78 is 7.37. The van der Waals surface area contributed by atoms with E-state index in [4.69, 9.17) is 16.3 Å². The third-order valence-electron chi connectivity index (χ3n) is 5.28. The highest BCUT2D eigenvalue weighted by Gasteiger charge is 2.13. The molecule has 3 aromatic carbocycles. The minimum Gasteiger partial charge on any atom is -0.456 e. The number of halogens is 1. The molecule has 0 atom stereocenters. The lowest BCUT2D eigenvalue weighted by molar-refractivity contribution is -0.116. The lowest BCUT2D eigenvalue weighted by Crippen LogP contribution is -2.16. The Kier molecular flexibility index (Phi) is 6.28. The molecule has 0 aliphatic rings. The van der Waals surface area contributed by atoms with Crippen LogP contribution in [0.25, 0.3) is 16.7 Å². The third-order valence-corrected chi connectivity index (χ3v) is 5.59. The van der Waals surface area contributed by atoms with Gasteiger partial charge in [-0.1, -0.05) is 41.9 Å². The minimum atomic E-state index is -0.290. The molecule has 0 spiro atoms. The molecule has 0 unspecified atom stereocenters. The van der Waals surface area contributed by atoms with Gasteiger partial charge in [0.15, 0.2) is 5.65 Å². The first-order valence-corrected chi connectivity index (χ1v) is 11.3. The summed E-state index contributed by atoms with van der Waals surface area (Å²) >= 11 is 6.12. The molecule has 5 rings (SSSR count). The Bertz CT molecular complexity index is 1550. The van der Waals surface area contributed by atoms with E-state index in [1.54, 1.807) is 41.1 Å². The van der Waals surface area contributed by atoms with Crippen LogP contribution in [0.5, 0.6) is 11.5 Å². The lowest BCUT2D eigenvalue weighted by Gasteiger charge is -2.09. The fraction of sp³-hybridized carbons (Fsp3) is 0.0769. The van der Waals surface area contributed by atoms with Gasteiger partial charge in [0, 0.05) is 18.5 Å². The summed E-state index contributed by atoms with van der Waals surface area (Å²) in [5.74, 6) is 1.36. The number of carbonyl (C=O) groups excluding carboxylic acids is 1. The maximum absolute atomic E-state index is 12.5. The maximum Gasteiger partial charge on any atom is 0.262 e. The van der Waals surface area contributed by atoms with Crippen LogP contribution in [0.15, 0.2) is 89.9 Å². The van der Waals surface area contributed by atoms with Crippen LogP contribution < -0.4 is 15.6 Å². The predicted molar refractivity (Wildman–Crippen MR) is 134 cm³/mol. The summed E-state index contributed by atoms with van der Waals surface area (Å²) in [7, 11) is 0. The number of H-pyrrole nitrogens is 1. The normalized spacial score (nSPS) is 10.9. The molecule has 8 nitrogen and oxygen atoms in total. The number of rotatable bonds is 7. The summed E-state index contributed by atoms with van der Waals surface area (Å²) in [5.41, 5.74) is 1.58. The molecular weight excluding hydrogens is 466 g/mol. The van der Waals surface area contributed by atoms with E-state index < -0.39 is 0 Å². The number of fused-ring (bicyclic) bond motifs is 1. The topological polar surface area (TPSA) is 102 Å². The average Bonchev–Trinajstić information content (AvgIpc) is 3.31. The molecule has 0 aliphatic heterocycles. The SMILES string of the molecule is O=C(CCc1nc2c(cnn2-c2ccccc2)c(=O)[nH]1)Nc1ccc(Oc2ccccc2Cl)cc1. The quantitative estimate of drug-likeness (QED) is 0.333. The molecule has 0 radical (unpaired) electrons. The fourth-order valence-electron chi connectivity index (χ4n) is 3.56. The summed E-state index contributed by atoms with van der Waals surface area (Å²) in [6.45, 7) is 0. The Hall–Kier alpha value is -4.43. The van der Waals surface area contributed by atoms with Crippen molar-refractivity contribution in [2.75, 3.05) is 5.32 Å². The second-order valence-corrected chi connectivity index (χ2v) is 8.15. The highest BCUT2D eigenvalue weighted by atomic mass is 35.5. The Morgan fingerprint density at radius 2 is 1.74 bits per heavy atom. The first kappa shape index (κ1) is 22.4. The Morgan fingerprint density at radius 3 is 2.51 bits per heavy atom. The molecule has 0 saturated carbocycles. The van der Waals surface area contributed by atoms with Crippen molar-refractivity contribution >= 4 is 34.2 Å². The van der Waals surface area contributed by atoms with Crippen molar-refractivity contribution in [2.45, 2.75) is 12.8 Å². The van der Waals surface area contributed by atoms with Crippen LogP contribution >= 0.6 is 11.6 Å². The van der Waals surface area contributed by atoms with Gasteiger partial charge < -0.3 is 15.0 Å².